The van der Waals surface area contributed by atoms with Gasteiger partial charge in [0.05, 0.1) is 0 Å². The van der Waals surface area contributed by atoms with Gasteiger partial charge in [-0.2, -0.15) is 0 Å². The molecule has 0 saturated carbocycles. The lowest BCUT2D eigenvalue weighted by molar-refractivity contribution is 0.587. The van der Waals surface area contributed by atoms with E-state index in [4.69, 9.17) is 5.73 Å². The summed E-state index contributed by atoms with van der Waals surface area (Å²) in [5.74, 6) is 0. The summed E-state index contributed by atoms with van der Waals surface area (Å²) < 4.78 is 0. The van der Waals surface area contributed by atoms with Crippen molar-refractivity contribution in [2.24, 2.45) is 5.73 Å². The van der Waals surface area contributed by atoms with Crippen molar-refractivity contribution in [3.63, 3.8) is 0 Å². The van der Waals surface area contributed by atoms with Gasteiger partial charge in [-0.1, -0.05) is 33.6 Å². The largest absolute Gasteiger partial charge is 0.330 e. The van der Waals surface area contributed by atoms with Gasteiger partial charge in [-0.3, -0.25) is 0 Å². The van der Waals surface area contributed by atoms with Crippen molar-refractivity contribution in [3.8, 4) is 0 Å². The minimum atomic E-state index is 0.850. The SMILES string of the molecule is CC.CCCNCCCCCCN. The summed E-state index contributed by atoms with van der Waals surface area (Å²) in [5.41, 5.74) is 5.38. The summed E-state index contributed by atoms with van der Waals surface area (Å²) >= 11 is 0. The third kappa shape index (κ3) is 18.7. The molecule has 0 aliphatic rings. The van der Waals surface area contributed by atoms with Gasteiger partial charge in [0.2, 0.25) is 0 Å². The number of nitrogens with two attached hydrogens (primary N) is 1. The Hall–Kier alpha value is -0.0800. The van der Waals surface area contributed by atoms with Crippen LogP contribution in [0.25, 0.3) is 0 Å². The van der Waals surface area contributed by atoms with Gasteiger partial charge in [-0.05, 0) is 38.9 Å². The minimum absolute atomic E-state index is 0.850. The highest BCUT2D eigenvalue weighted by atomic mass is 14.8. The Morgan fingerprint density at radius 1 is 0.923 bits per heavy atom. The first-order valence-corrected chi connectivity index (χ1v) is 5.82. The molecule has 0 bridgehead atoms. The van der Waals surface area contributed by atoms with Crippen LogP contribution < -0.4 is 11.1 Å². The molecule has 0 saturated heterocycles. The molecule has 0 unspecified atom stereocenters. The Bertz CT molecular complexity index is 57.1. The Morgan fingerprint density at radius 2 is 1.54 bits per heavy atom. The highest BCUT2D eigenvalue weighted by Crippen LogP contribution is 1.96. The molecule has 0 rings (SSSR count). The third-order valence-electron chi connectivity index (χ3n) is 1.73. The maximum atomic E-state index is 5.38. The van der Waals surface area contributed by atoms with Crippen molar-refractivity contribution in [2.75, 3.05) is 19.6 Å². The summed E-state index contributed by atoms with van der Waals surface area (Å²) in [7, 11) is 0. The van der Waals surface area contributed by atoms with E-state index < -0.39 is 0 Å². The molecule has 0 aromatic heterocycles. The second-order valence-electron chi connectivity index (χ2n) is 2.95. The van der Waals surface area contributed by atoms with Crippen LogP contribution in [-0.4, -0.2) is 19.6 Å². The zero-order valence-corrected chi connectivity index (χ0v) is 9.73. The van der Waals surface area contributed by atoms with Gasteiger partial charge in [0.15, 0.2) is 0 Å². The van der Waals surface area contributed by atoms with Gasteiger partial charge in [-0.15, -0.1) is 0 Å². The molecule has 2 nitrogen and oxygen atoms in total. The van der Waals surface area contributed by atoms with Crippen LogP contribution in [0.1, 0.15) is 52.9 Å². The molecule has 0 fully saturated rings. The Labute approximate surface area is 84.3 Å². The first-order valence-electron chi connectivity index (χ1n) is 5.82. The smallest absolute Gasteiger partial charge is 0.00489 e. The molecule has 0 heterocycles. The molecule has 0 amide bonds. The van der Waals surface area contributed by atoms with Crippen LogP contribution in [0.4, 0.5) is 0 Å². The van der Waals surface area contributed by atoms with Gasteiger partial charge < -0.3 is 11.1 Å². The standard InChI is InChI=1S/C9H22N2.C2H6/c1-2-8-11-9-6-4-3-5-7-10;1-2/h11H,2-10H2,1H3;1-2H3. The molecule has 0 radical (unpaired) electrons. The van der Waals surface area contributed by atoms with E-state index in [0.717, 1.165) is 13.1 Å². The van der Waals surface area contributed by atoms with Gasteiger partial charge in [-0.25, -0.2) is 0 Å². The summed E-state index contributed by atoms with van der Waals surface area (Å²) in [6.45, 7) is 9.39. The van der Waals surface area contributed by atoms with Gasteiger partial charge >= 0.3 is 0 Å². The fourth-order valence-corrected chi connectivity index (χ4v) is 1.05. The van der Waals surface area contributed by atoms with E-state index in [0.29, 0.717) is 0 Å². The lowest BCUT2D eigenvalue weighted by atomic mass is 10.2. The fraction of sp³-hybridized carbons (Fsp3) is 1.00. The topological polar surface area (TPSA) is 38.0 Å². The third-order valence-corrected chi connectivity index (χ3v) is 1.73. The van der Waals surface area contributed by atoms with Gasteiger partial charge in [0, 0.05) is 0 Å². The zero-order chi connectivity index (χ0) is 10.4. The summed E-state index contributed by atoms with van der Waals surface area (Å²) in [6.07, 6.45) is 6.36. The molecule has 3 N–H and O–H groups in total. The molecule has 0 aromatic rings. The van der Waals surface area contributed by atoms with E-state index in [-0.39, 0.29) is 0 Å². The molecular formula is C11H28N2. The molecule has 2 heteroatoms. The first-order chi connectivity index (χ1) is 6.41. The number of hydrogen-bond acceptors (Lipinski definition) is 2. The summed E-state index contributed by atoms with van der Waals surface area (Å²) in [5, 5.41) is 3.38. The molecule has 13 heavy (non-hydrogen) atoms. The number of rotatable bonds is 8. The molecule has 0 spiro atoms. The molecule has 0 atom stereocenters. The number of nitrogens with one attached hydrogen (secondary N) is 1. The average Bonchev–Trinajstić information content (AvgIpc) is 2.20. The molecule has 82 valence electrons. The highest BCUT2D eigenvalue weighted by molar-refractivity contribution is 4.48. The van der Waals surface area contributed by atoms with Crippen molar-refractivity contribution >= 4 is 0 Å². The number of unbranched alkanes of at least 4 members (excludes halogenated alkanes) is 3. The van der Waals surface area contributed by atoms with E-state index in [2.05, 4.69) is 12.2 Å². The van der Waals surface area contributed by atoms with Crippen LogP contribution in [0.3, 0.4) is 0 Å². The monoisotopic (exact) mass is 188 g/mol. The lowest BCUT2D eigenvalue weighted by Crippen LogP contribution is -2.15. The Kier molecular flexibility index (Phi) is 21.2. The Balaban J connectivity index is 0. The number of hydrogen-bond donors (Lipinski definition) is 2. The van der Waals surface area contributed by atoms with E-state index in [9.17, 15) is 0 Å². The van der Waals surface area contributed by atoms with E-state index in [1.54, 1.807) is 0 Å². The highest BCUT2D eigenvalue weighted by Gasteiger charge is 1.87. The summed E-state index contributed by atoms with van der Waals surface area (Å²) in [6, 6.07) is 0. The van der Waals surface area contributed by atoms with Crippen molar-refractivity contribution in [1.29, 1.82) is 0 Å². The van der Waals surface area contributed by atoms with Crippen LogP contribution in [0.2, 0.25) is 0 Å². The average molecular weight is 188 g/mol. The molecule has 0 aromatic carbocycles. The zero-order valence-electron chi connectivity index (χ0n) is 9.73. The fourth-order valence-electron chi connectivity index (χ4n) is 1.05. The summed E-state index contributed by atoms with van der Waals surface area (Å²) in [4.78, 5) is 0. The van der Waals surface area contributed by atoms with Crippen LogP contribution in [-0.2, 0) is 0 Å². The maximum absolute atomic E-state index is 5.38. The van der Waals surface area contributed by atoms with Crippen LogP contribution in [0, 0.1) is 0 Å². The van der Waals surface area contributed by atoms with Crippen molar-refractivity contribution in [1.82, 2.24) is 5.32 Å². The van der Waals surface area contributed by atoms with Crippen LogP contribution in [0.5, 0.6) is 0 Å². The molecule has 0 aliphatic heterocycles. The first kappa shape index (κ1) is 15.4. The normalized spacial score (nSPS) is 9.23. The molecular weight excluding hydrogens is 160 g/mol. The van der Waals surface area contributed by atoms with E-state index in [1.807, 2.05) is 13.8 Å². The second-order valence-corrected chi connectivity index (χ2v) is 2.95. The van der Waals surface area contributed by atoms with Crippen LogP contribution in [0.15, 0.2) is 0 Å². The van der Waals surface area contributed by atoms with Crippen molar-refractivity contribution in [2.45, 2.75) is 52.9 Å². The van der Waals surface area contributed by atoms with E-state index >= 15 is 0 Å². The van der Waals surface area contributed by atoms with Gasteiger partial charge in [0.25, 0.3) is 0 Å². The Morgan fingerprint density at radius 3 is 2.08 bits per heavy atom. The maximum Gasteiger partial charge on any atom is -0.00489 e. The lowest BCUT2D eigenvalue weighted by Gasteiger charge is -2.01. The minimum Gasteiger partial charge on any atom is -0.330 e. The van der Waals surface area contributed by atoms with Crippen LogP contribution >= 0.6 is 0 Å². The second kappa shape index (κ2) is 17.9. The van der Waals surface area contributed by atoms with Gasteiger partial charge in [0.1, 0.15) is 0 Å². The van der Waals surface area contributed by atoms with E-state index in [1.165, 1.54) is 38.6 Å². The predicted octanol–water partition coefficient (Wildman–Crippen LogP) is 2.53. The van der Waals surface area contributed by atoms with Crippen molar-refractivity contribution in [3.05, 3.63) is 0 Å². The van der Waals surface area contributed by atoms with Crippen molar-refractivity contribution < 1.29 is 0 Å². The predicted molar refractivity (Wildman–Crippen MR) is 62.0 cm³/mol. The molecule has 0 aliphatic carbocycles. The quantitative estimate of drug-likeness (QED) is 0.574.